The summed E-state index contributed by atoms with van der Waals surface area (Å²) in [4.78, 5) is -0.0195. The number of nitrogens with zero attached hydrogens (tertiary/aromatic N) is 3. The first-order valence-corrected chi connectivity index (χ1v) is 7.67. The SMILES string of the molecule is Cn1ncc(CNS(=O)(=O)c2ccc(C#N)c(Cl)c2)c1N. The molecule has 0 atom stereocenters. The van der Waals surface area contributed by atoms with Crippen molar-refractivity contribution in [3.05, 3.63) is 40.5 Å². The third-order valence-electron chi connectivity index (χ3n) is 2.89. The van der Waals surface area contributed by atoms with Crippen LogP contribution in [-0.4, -0.2) is 18.2 Å². The number of benzene rings is 1. The first-order valence-electron chi connectivity index (χ1n) is 5.81. The molecule has 110 valence electrons. The van der Waals surface area contributed by atoms with Crippen LogP contribution in [0.1, 0.15) is 11.1 Å². The molecule has 2 rings (SSSR count). The average Bonchev–Trinajstić information content (AvgIpc) is 2.76. The Balaban J connectivity index is 2.21. The van der Waals surface area contributed by atoms with Crippen molar-refractivity contribution in [2.75, 3.05) is 5.73 Å². The van der Waals surface area contributed by atoms with Crippen molar-refractivity contribution in [2.24, 2.45) is 7.05 Å². The zero-order chi connectivity index (χ0) is 15.6. The third-order valence-corrected chi connectivity index (χ3v) is 4.60. The highest BCUT2D eigenvalue weighted by Gasteiger charge is 2.16. The van der Waals surface area contributed by atoms with Gasteiger partial charge >= 0.3 is 0 Å². The van der Waals surface area contributed by atoms with Crippen LogP contribution in [0, 0.1) is 11.3 Å². The Kier molecular flexibility index (Phi) is 4.18. The number of nitrogen functional groups attached to an aromatic ring is 1. The fourth-order valence-electron chi connectivity index (χ4n) is 1.64. The second-order valence-electron chi connectivity index (χ2n) is 4.26. The van der Waals surface area contributed by atoms with E-state index in [2.05, 4.69) is 9.82 Å². The molecule has 1 heterocycles. The lowest BCUT2D eigenvalue weighted by atomic mass is 10.2. The highest BCUT2D eigenvalue weighted by molar-refractivity contribution is 7.89. The number of anilines is 1. The molecule has 0 amide bonds. The molecule has 0 aliphatic heterocycles. The Morgan fingerprint density at radius 1 is 1.52 bits per heavy atom. The number of hydrogen-bond acceptors (Lipinski definition) is 5. The minimum absolute atomic E-state index is 0.0135. The Hall–Kier alpha value is -2.08. The number of rotatable bonds is 4. The summed E-state index contributed by atoms with van der Waals surface area (Å²) in [7, 11) is -2.09. The summed E-state index contributed by atoms with van der Waals surface area (Å²) in [6.07, 6.45) is 1.49. The van der Waals surface area contributed by atoms with Gasteiger partial charge in [0.05, 0.1) is 21.7 Å². The van der Waals surface area contributed by atoms with Gasteiger partial charge in [0.1, 0.15) is 11.9 Å². The minimum Gasteiger partial charge on any atom is -0.384 e. The summed E-state index contributed by atoms with van der Waals surface area (Å²) in [6, 6.07) is 5.77. The maximum absolute atomic E-state index is 12.2. The number of nitrogens with two attached hydrogens (primary N) is 1. The van der Waals surface area contributed by atoms with Crippen molar-refractivity contribution in [2.45, 2.75) is 11.4 Å². The van der Waals surface area contributed by atoms with Crippen molar-refractivity contribution in [3.8, 4) is 6.07 Å². The zero-order valence-corrected chi connectivity index (χ0v) is 12.6. The summed E-state index contributed by atoms with van der Waals surface area (Å²) in [5.41, 5.74) is 6.53. The lowest BCUT2D eigenvalue weighted by molar-refractivity contribution is 0.581. The molecule has 7 nitrogen and oxygen atoms in total. The summed E-state index contributed by atoms with van der Waals surface area (Å²) < 4.78 is 28.2. The number of aromatic nitrogens is 2. The third kappa shape index (κ3) is 3.16. The van der Waals surface area contributed by atoms with Gasteiger partial charge < -0.3 is 5.73 Å². The van der Waals surface area contributed by atoms with Crippen molar-refractivity contribution in [1.82, 2.24) is 14.5 Å². The van der Waals surface area contributed by atoms with Crippen LogP contribution >= 0.6 is 11.6 Å². The molecule has 2 aromatic rings. The van der Waals surface area contributed by atoms with E-state index in [0.29, 0.717) is 11.4 Å². The second kappa shape index (κ2) is 5.73. The van der Waals surface area contributed by atoms with Gasteiger partial charge in [-0.15, -0.1) is 0 Å². The van der Waals surface area contributed by atoms with E-state index in [1.807, 2.05) is 6.07 Å². The van der Waals surface area contributed by atoms with Crippen molar-refractivity contribution < 1.29 is 8.42 Å². The number of nitrogens with one attached hydrogen (secondary N) is 1. The smallest absolute Gasteiger partial charge is 0.240 e. The van der Waals surface area contributed by atoms with E-state index in [1.165, 1.54) is 29.1 Å². The summed E-state index contributed by atoms with van der Waals surface area (Å²) >= 11 is 5.83. The lowest BCUT2D eigenvalue weighted by Gasteiger charge is -2.07. The normalized spacial score (nSPS) is 11.3. The number of nitriles is 1. The topological polar surface area (TPSA) is 114 Å². The first-order chi connectivity index (χ1) is 9.85. The van der Waals surface area contributed by atoms with E-state index in [9.17, 15) is 8.42 Å². The average molecular weight is 326 g/mol. The molecular weight excluding hydrogens is 314 g/mol. The molecule has 0 saturated heterocycles. The molecule has 1 aromatic carbocycles. The number of hydrogen-bond donors (Lipinski definition) is 2. The van der Waals surface area contributed by atoms with Crippen LogP contribution in [-0.2, 0) is 23.6 Å². The van der Waals surface area contributed by atoms with Crippen LogP contribution in [0.2, 0.25) is 5.02 Å². The molecule has 1 aromatic heterocycles. The highest BCUT2D eigenvalue weighted by atomic mass is 35.5. The quantitative estimate of drug-likeness (QED) is 0.870. The Bertz CT molecular complexity index is 823. The molecule has 0 bridgehead atoms. The monoisotopic (exact) mass is 325 g/mol. The molecule has 0 aliphatic rings. The Morgan fingerprint density at radius 2 is 2.24 bits per heavy atom. The molecule has 0 unspecified atom stereocenters. The van der Waals surface area contributed by atoms with Crippen LogP contribution in [0.3, 0.4) is 0 Å². The Labute approximate surface area is 127 Å². The summed E-state index contributed by atoms with van der Waals surface area (Å²) in [5, 5.41) is 12.8. The molecule has 0 saturated carbocycles. The predicted molar refractivity (Wildman–Crippen MR) is 77.8 cm³/mol. The zero-order valence-electron chi connectivity index (χ0n) is 11.0. The molecule has 0 spiro atoms. The first kappa shape index (κ1) is 15.3. The maximum Gasteiger partial charge on any atom is 0.240 e. The van der Waals surface area contributed by atoms with Crippen LogP contribution in [0.25, 0.3) is 0 Å². The van der Waals surface area contributed by atoms with Gasteiger partial charge in [-0.1, -0.05) is 11.6 Å². The van der Waals surface area contributed by atoms with Gasteiger partial charge in [0.2, 0.25) is 10.0 Å². The fourth-order valence-corrected chi connectivity index (χ4v) is 2.96. The summed E-state index contributed by atoms with van der Waals surface area (Å²) in [5.74, 6) is 0.385. The van der Waals surface area contributed by atoms with Gasteiger partial charge in [0.15, 0.2) is 0 Å². The number of sulfonamides is 1. The second-order valence-corrected chi connectivity index (χ2v) is 6.43. The molecule has 9 heteroatoms. The van der Waals surface area contributed by atoms with Crippen LogP contribution in [0.15, 0.2) is 29.3 Å². The number of halogens is 1. The van der Waals surface area contributed by atoms with Gasteiger partial charge in [0.25, 0.3) is 0 Å². The van der Waals surface area contributed by atoms with Gasteiger partial charge in [-0.2, -0.15) is 10.4 Å². The van der Waals surface area contributed by atoms with E-state index in [0.717, 1.165) is 0 Å². The lowest BCUT2D eigenvalue weighted by Crippen LogP contribution is -2.23. The van der Waals surface area contributed by atoms with E-state index >= 15 is 0 Å². The van der Waals surface area contributed by atoms with E-state index in [1.54, 1.807) is 7.05 Å². The molecule has 21 heavy (non-hydrogen) atoms. The molecule has 3 N–H and O–H groups in total. The molecule has 0 aliphatic carbocycles. The standard InChI is InChI=1S/C12H12ClN5O2S/c1-18-12(15)9(6-16-18)7-17-21(19,20)10-3-2-8(5-14)11(13)4-10/h2-4,6,17H,7,15H2,1H3. The van der Waals surface area contributed by atoms with Crippen molar-refractivity contribution >= 4 is 27.4 Å². The summed E-state index contributed by atoms with van der Waals surface area (Å²) in [6.45, 7) is 0.0135. The van der Waals surface area contributed by atoms with E-state index < -0.39 is 10.0 Å². The number of aryl methyl sites for hydroxylation is 1. The highest BCUT2D eigenvalue weighted by Crippen LogP contribution is 2.20. The fraction of sp³-hybridized carbons (Fsp3) is 0.167. The van der Waals surface area contributed by atoms with E-state index in [4.69, 9.17) is 22.6 Å². The molecule has 0 radical (unpaired) electrons. The van der Waals surface area contributed by atoms with Crippen LogP contribution < -0.4 is 10.5 Å². The minimum atomic E-state index is -3.75. The van der Waals surface area contributed by atoms with Crippen molar-refractivity contribution in [3.63, 3.8) is 0 Å². The van der Waals surface area contributed by atoms with Crippen LogP contribution in [0.5, 0.6) is 0 Å². The van der Waals surface area contributed by atoms with Gasteiger partial charge in [-0.3, -0.25) is 4.68 Å². The van der Waals surface area contributed by atoms with Crippen LogP contribution in [0.4, 0.5) is 5.82 Å². The van der Waals surface area contributed by atoms with Crippen molar-refractivity contribution in [1.29, 1.82) is 5.26 Å². The Morgan fingerprint density at radius 3 is 2.76 bits per heavy atom. The molecule has 0 fully saturated rings. The largest absolute Gasteiger partial charge is 0.384 e. The van der Waals surface area contributed by atoms with Gasteiger partial charge in [-0.25, -0.2) is 13.1 Å². The molecular formula is C12H12ClN5O2S. The van der Waals surface area contributed by atoms with E-state index in [-0.39, 0.29) is 22.0 Å². The van der Waals surface area contributed by atoms with Gasteiger partial charge in [-0.05, 0) is 18.2 Å². The maximum atomic E-state index is 12.2. The van der Waals surface area contributed by atoms with Gasteiger partial charge in [0, 0.05) is 19.2 Å². The predicted octanol–water partition coefficient (Wildman–Crippen LogP) is 1.01.